The van der Waals surface area contributed by atoms with Gasteiger partial charge in [0.1, 0.15) is 11.9 Å². The lowest BCUT2D eigenvalue weighted by molar-refractivity contribution is -0.141. The molecule has 0 heterocycles. The highest BCUT2D eigenvalue weighted by Gasteiger charge is 2.18. The number of aliphatic carboxylic acids is 1. The monoisotopic (exact) mass is 297 g/mol. The van der Waals surface area contributed by atoms with Crippen molar-refractivity contribution in [1.29, 1.82) is 0 Å². The second kappa shape index (κ2) is 8.91. The van der Waals surface area contributed by atoms with Gasteiger partial charge in [0.05, 0.1) is 6.54 Å². The third kappa shape index (κ3) is 6.71. The zero-order chi connectivity index (χ0) is 15.7. The van der Waals surface area contributed by atoms with Gasteiger partial charge in [-0.25, -0.2) is 9.18 Å². The maximum absolute atomic E-state index is 13.0. The molecule has 0 aliphatic carbocycles. The minimum Gasteiger partial charge on any atom is -0.480 e. The molecule has 0 spiro atoms. The summed E-state index contributed by atoms with van der Waals surface area (Å²) in [5.41, 5.74) is 5.80. The van der Waals surface area contributed by atoms with E-state index >= 15 is 0 Å². The van der Waals surface area contributed by atoms with Crippen LogP contribution in [0.25, 0.3) is 0 Å². The molecule has 0 radical (unpaired) electrons. The van der Waals surface area contributed by atoms with Crippen LogP contribution in [0.4, 0.5) is 10.1 Å². The van der Waals surface area contributed by atoms with Crippen molar-refractivity contribution in [1.82, 2.24) is 5.32 Å². The highest BCUT2D eigenvalue weighted by molar-refractivity contribution is 5.86. The molecular formula is C14H20FN3O3. The van der Waals surface area contributed by atoms with E-state index in [9.17, 15) is 14.0 Å². The Labute approximate surface area is 122 Å². The lowest BCUT2D eigenvalue weighted by Crippen LogP contribution is -2.43. The topological polar surface area (TPSA) is 104 Å². The highest BCUT2D eigenvalue weighted by Crippen LogP contribution is 2.08. The van der Waals surface area contributed by atoms with Gasteiger partial charge in [-0.15, -0.1) is 0 Å². The zero-order valence-electron chi connectivity index (χ0n) is 11.6. The van der Waals surface area contributed by atoms with Crippen molar-refractivity contribution in [3.05, 3.63) is 30.1 Å². The van der Waals surface area contributed by atoms with Crippen molar-refractivity contribution >= 4 is 17.6 Å². The van der Waals surface area contributed by atoms with E-state index in [0.717, 1.165) is 0 Å². The van der Waals surface area contributed by atoms with Gasteiger partial charge < -0.3 is 21.5 Å². The molecule has 1 aromatic rings. The first-order valence-corrected chi connectivity index (χ1v) is 6.74. The molecule has 21 heavy (non-hydrogen) atoms. The molecule has 0 saturated carbocycles. The van der Waals surface area contributed by atoms with Crippen LogP contribution in [0.2, 0.25) is 0 Å². The molecule has 1 aromatic carbocycles. The summed E-state index contributed by atoms with van der Waals surface area (Å²) in [5.74, 6) is -1.95. The number of carboxylic acids is 1. The fourth-order valence-corrected chi connectivity index (χ4v) is 1.78. The molecule has 0 aliphatic rings. The fourth-order valence-electron chi connectivity index (χ4n) is 1.78. The summed E-state index contributed by atoms with van der Waals surface area (Å²) in [4.78, 5) is 22.7. The number of carbonyl (C=O) groups is 2. The number of amides is 1. The van der Waals surface area contributed by atoms with Crippen molar-refractivity contribution in [3.8, 4) is 0 Å². The molecule has 0 bridgehead atoms. The molecule has 1 atom stereocenters. The normalized spacial score (nSPS) is 11.7. The average Bonchev–Trinajstić information content (AvgIpc) is 2.44. The number of rotatable bonds is 9. The Balaban J connectivity index is 2.41. The van der Waals surface area contributed by atoms with Gasteiger partial charge in [-0.05, 0) is 44.0 Å². The minimum absolute atomic E-state index is 0.121. The van der Waals surface area contributed by atoms with Gasteiger partial charge >= 0.3 is 5.97 Å². The number of halogens is 1. The Bertz CT molecular complexity index is 482. The molecule has 0 saturated heterocycles. The summed E-state index contributed by atoms with van der Waals surface area (Å²) in [7, 11) is 0. The number of benzene rings is 1. The molecule has 1 amide bonds. The minimum atomic E-state index is -1.08. The quantitative estimate of drug-likeness (QED) is 0.508. The smallest absolute Gasteiger partial charge is 0.326 e. The van der Waals surface area contributed by atoms with E-state index in [1.54, 1.807) is 6.07 Å². The third-order valence-electron chi connectivity index (χ3n) is 2.86. The van der Waals surface area contributed by atoms with Crippen LogP contribution in [0.3, 0.4) is 0 Å². The van der Waals surface area contributed by atoms with E-state index in [1.165, 1.54) is 18.2 Å². The maximum atomic E-state index is 13.0. The number of hydrogen-bond acceptors (Lipinski definition) is 4. The first kappa shape index (κ1) is 16.9. The van der Waals surface area contributed by atoms with Crippen molar-refractivity contribution in [2.75, 3.05) is 18.4 Å². The zero-order valence-corrected chi connectivity index (χ0v) is 11.6. The predicted molar refractivity (Wildman–Crippen MR) is 77.4 cm³/mol. The number of carboxylic acid groups (broad SMARTS) is 1. The molecule has 0 fully saturated rings. The van der Waals surface area contributed by atoms with E-state index < -0.39 is 23.7 Å². The van der Waals surface area contributed by atoms with Crippen molar-refractivity contribution in [2.45, 2.75) is 25.3 Å². The number of hydrogen-bond donors (Lipinski definition) is 4. The average molecular weight is 297 g/mol. The SMILES string of the molecule is NCCCCC(NC(=O)CNc1cccc(F)c1)C(=O)O. The summed E-state index contributed by atoms with van der Waals surface area (Å²) in [6.45, 7) is 0.367. The second-order valence-corrected chi connectivity index (χ2v) is 4.61. The molecule has 0 aromatic heterocycles. The van der Waals surface area contributed by atoms with Crippen LogP contribution in [-0.2, 0) is 9.59 Å². The van der Waals surface area contributed by atoms with Gasteiger partial charge in [-0.1, -0.05) is 6.07 Å². The van der Waals surface area contributed by atoms with Crippen molar-refractivity contribution < 1.29 is 19.1 Å². The highest BCUT2D eigenvalue weighted by atomic mass is 19.1. The largest absolute Gasteiger partial charge is 0.480 e. The van der Waals surface area contributed by atoms with E-state index in [-0.39, 0.29) is 6.54 Å². The Hall–Kier alpha value is -2.15. The van der Waals surface area contributed by atoms with Crippen LogP contribution < -0.4 is 16.4 Å². The summed E-state index contributed by atoms with van der Waals surface area (Å²) >= 11 is 0. The maximum Gasteiger partial charge on any atom is 0.326 e. The van der Waals surface area contributed by atoms with E-state index in [1.807, 2.05) is 0 Å². The number of nitrogens with one attached hydrogen (secondary N) is 2. The Morgan fingerprint density at radius 2 is 2.10 bits per heavy atom. The summed E-state index contributed by atoms with van der Waals surface area (Å²) in [5, 5.41) is 14.2. The number of nitrogens with two attached hydrogens (primary N) is 1. The van der Waals surface area contributed by atoms with Crippen LogP contribution in [-0.4, -0.2) is 36.1 Å². The summed E-state index contributed by atoms with van der Waals surface area (Å²) in [6.07, 6.45) is 1.67. The lowest BCUT2D eigenvalue weighted by atomic mass is 10.1. The van der Waals surface area contributed by atoms with Gasteiger partial charge in [0, 0.05) is 5.69 Å². The molecule has 6 nitrogen and oxygen atoms in total. The van der Waals surface area contributed by atoms with Crippen LogP contribution in [0.15, 0.2) is 24.3 Å². The van der Waals surface area contributed by atoms with Crippen molar-refractivity contribution in [2.24, 2.45) is 5.73 Å². The molecule has 7 heteroatoms. The van der Waals surface area contributed by atoms with Gasteiger partial charge in [0.25, 0.3) is 0 Å². The van der Waals surface area contributed by atoms with Crippen LogP contribution >= 0.6 is 0 Å². The molecule has 1 unspecified atom stereocenters. The second-order valence-electron chi connectivity index (χ2n) is 4.61. The number of carbonyl (C=O) groups excluding carboxylic acids is 1. The molecule has 0 aliphatic heterocycles. The van der Waals surface area contributed by atoms with Crippen LogP contribution in [0.1, 0.15) is 19.3 Å². The fraction of sp³-hybridized carbons (Fsp3) is 0.429. The lowest BCUT2D eigenvalue weighted by Gasteiger charge is -2.15. The van der Waals surface area contributed by atoms with E-state index in [0.29, 0.717) is 31.5 Å². The number of unbranched alkanes of at least 4 members (excludes halogenated alkanes) is 1. The van der Waals surface area contributed by atoms with Gasteiger partial charge in [0.15, 0.2) is 0 Å². The van der Waals surface area contributed by atoms with E-state index in [2.05, 4.69) is 10.6 Å². The predicted octanol–water partition coefficient (Wildman–Crippen LogP) is 0.936. The first-order valence-electron chi connectivity index (χ1n) is 6.74. The van der Waals surface area contributed by atoms with Gasteiger partial charge in [-0.3, -0.25) is 4.79 Å². The Morgan fingerprint density at radius 3 is 2.71 bits per heavy atom. The number of anilines is 1. The molecule has 1 rings (SSSR count). The Kier molecular flexibility index (Phi) is 7.17. The van der Waals surface area contributed by atoms with Gasteiger partial charge in [0.2, 0.25) is 5.91 Å². The third-order valence-corrected chi connectivity index (χ3v) is 2.86. The van der Waals surface area contributed by atoms with Crippen LogP contribution in [0.5, 0.6) is 0 Å². The van der Waals surface area contributed by atoms with E-state index in [4.69, 9.17) is 10.8 Å². The van der Waals surface area contributed by atoms with Gasteiger partial charge in [-0.2, -0.15) is 0 Å². The van der Waals surface area contributed by atoms with Crippen LogP contribution in [0, 0.1) is 5.82 Å². The molecule has 5 N–H and O–H groups in total. The van der Waals surface area contributed by atoms with Crippen molar-refractivity contribution in [3.63, 3.8) is 0 Å². The molecular weight excluding hydrogens is 277 g/mol. The summed E-state index contributed by atoms with van der Waals surface area (Å²) < 4.78 is 13.0. The Morgan fingerprint density at radius 1 is 1.33 bits per heavy atom. The standard InChI is InChI=1S/C14H20FN3O3/c15-10-4-3-5-11(8-10)17-9-13(19)18-12(14(20)21)6-1-2-7-16/h3-5,8,12,17H,1-2,6-7,9,16H2,(H,18,19)(H,20,21). The summed E-state index contributed by atoms with van der Waals surface area (Å²) in [6, 6.07) is 4.75. The molecule has 116 valence electrons. The first-order chi connectivity index (χ1) is 10.0.